The SMILES string of the molecule is Nc1ncc(-c2cnn(Cc3ccccc3)c2)cc1C(=O)O. The average Bonchev–Trinajstić information content (AvgIpc) is 2.97. The fourth-order valence-corrected chi connectivity index (χ4v) is 2.17. The summed E-state index contributed by atoms with van der Waals surface area (Å²) in [7, 11) is 0. The number of hydrogen-bond donors (Lipinski definition) is 2. The Balaban J connectivity index is 1.88. The highest BCUT2D eigenvalue weighted by Gasteiger charge is 2.12. The van der Waals surface area contributed by atoms with E-state index in [2.05, 4.69) is 10.1 Å². The van der Waals surface area contributed by atoms with Crippen molar-refractivity contribution in [2.24, 2.45) is 0 Å². The molecule has 3 N–H and O–H groups in total. The van der Waals surface area contributed by atoms with Crippen molar-refractivity contribution in [1.82, 2.24) is 14.8 Å². The lowest BCUT2D eigenvalue weighted by Crippen LogP contribution is -2.04. The number of carboxylic acids is 1. The van der Waals surface area contributed by atoms with Crippen LogP contribution in [0.4, 0.5) is 5.82 Å². The van der Waals surface area contributed by atoms with Crippen LogP contribution < -0.4 is 5.73 Å². The number of aromatic nitrogens is 3. The molecule has 6 nitrogen and oxygen atoms in total. The molecule has 0 atom stereocenters. The lowest BCUT2D eigenvalue weighted by Gasteiger charge is -2.03. The van der Waals surface area contributed by atoms with E-state index < -0.39 is 5.97 Å². The van der Waals surface area contributed by atoms with E-state index in [9.17, 15) is 4.79 Å². The number of hydrogen-bond acceptors (Lipinski definition) is 4. The molecule has 2 heterocycles. The van der Waals surface area contributed by atoms with Gasteiger partial charge in [0.25, 0.3) is 0 Å². The van der Waals surface area contributed by atoms with Crippen LogP contribution in [-0.2, 0) is 6.54 Å². The molecule has 0 amide bonds. The summed E-state index contributed by atoms with van der Waals surface area (Å²) in [5.41, 5.74) is 8.16. The first kappa shape index (κ1) is 13.8. The van der Waals surface area contributed by atoms with Crippen molar-refractivity contribution in [2.75, 3.05) is 5.73 Å². The molecule has 0 radical (unpaired) electrons. The third-order valence-electron chi connectivity index (χ3n) is 3.30. The monoisotopic (exact) mass is 294 g/mol. The van der Waals surface area contributed by atoms with Crippen molar-refractivity contribution in [1.29, 1.82) is 0 Å². The number of carboxylic acid groups (broad SMARTS) is 1. The Morgan fingerprint density at radius 1 is 1.18 bits per heavy atom. The van der Waals surface area contributed by atoms with E-state index >= 15 is 0 Å². The van der Waals surface area contributed by atoms with Crippen LogP contribution in [0.2, 0.25) is 0 Å². The van der Waals surface area contributed by atoms with E-state index in [1.807, 2.05) is 36.5 Å². The second-order valence-electron chi connectivity index (χ2n) is 4.87. The maximum Gasteiger partial charge on any atom is 0.339 e. The minimum absolute atomic E-state index is 0.00620. The molecule has 0 fully saturated rings. The van der Waals surface area contributed by atoms with Gasteiger partial charge in [0.2, 0.25) is 0 Å². The molecule has 6 heteroatoms. The molecule has 0 aliphatic rings. The predicted molar refractivity (Wildman–Crippen MR) is 82.4 cm³/mol. The minimum Gasteiger partial charge on any atom is -0.478 e. The van der Waals surface area contributed by atoms with Gasteiger partial charge in [-0.25, -0.2) is 9.78 Å². The number of rotatable bonds is 4. The zero-order valence-corrected chi connectivity index (χ0v) is 11.7. The van der Waals surface area contributed by atoms with Crippen molar-refractivity contribution < 1.29 is 9.90 Å². The summed E-state index contributed by atoms with van der Waals surface area (Å²) < 4.78 is 1.79. The quantitative estimate of drug-likeness (QED) is 0.769. The summed E-state index contributed by atoms with van der Waals surface area (Å²) in [5.74, 6) is -1.09. The summed E-state index contributed by atoms with van der Waals surface area (Å²) in [6, 6.07) is 11.5. The molecule has 22 heavy (non-hydrogen) atoms. The van der Waals surface area contributed by atoms with Gasteiger partial charge in [-0.15, -0.1) is 0 Å². The molecule has 0 spiro atoms. The fourth-order valence-electron chi connectivity index (χ4n) is 2.17. The Hall–Kier alpha value is -3.15. The second-order valence-corrected chi connectivity index (χ2v) is 4.87. The summed E-state index contributed by atoms with van der Waals surface area (Å²) in [6.45, 7) is 0.648. The third kappa shape index (κ3) is 2.80. The molecular formula is C16H14N4O2. The van der Waals surface area contributed by atoms with Crippen LogP contribution in [0.15, 0.2) is 55.0 Å². The molecule has 1 aromatic carbocycles. The second kappa shape index (κ2) is 5.69. The Morgan fingerprint density at radius 3 is 2.68 bits per heavy atom. The summed E-state index contributed by atoms with van der Waals surface area (Å²) in [5, 5.41) is 13.4. The normalized spacial score (nSPS) is 10.5. The predicted octanol–water partition coefficient (Wildman–Crippen LogP) is 2.27. The van der Waals surface area contributed by atoms with Gasteiger partial charge in [0, 0.05) is 23.5 Å². The molecule has 0 saturated heterocycles. The molecule has 0 unspecified atom stereocenters. The highest BCUT2D eigenvalue weighted by atomic mass is 16.4. The van der Waals surface area contributed by atoms with Gasteiger partial charge in [0.1, 0.15) is 11.4 Å². The van der Waals surface area contributed by atoms with Crippen LogP contribution in [0.1, 0.15) is 15.9 Å². The average molecular weight is 294 g/mol. The first-order valence-corrected chi connectivity index (χ1v) is 6.69. The number of nitrogen functional groups attached to an aromatic ring is 1. The van der Waals surface area contributed by atoms with Crippen LogP contribution in [0.5, 0.6) is 0 Å². The number of carbonyl (C=O) groups is 1. The maximum absolute atomic E-state index is 11.1. The number of pyridine rings is 1. The summed E-state index contributed by atoms with van der Waals surface area (Å²) in [6.07, 6.45) is 5.08. The Labute approximate surface area is 126 Å². The van der Waals surface area contributed by atoms with Crippen LogP contribution >= 0.6 is 0 Å². The molecule has 3 rings (SSSR count). The molecule has 0 bridgehead atoms. The van der Waals surface area contributed by atoms with Crippen molar-refractivity contribution in [3.63, 3.8) is 0 Å². The zero-order chi connectivity index (χ0) is 15.5. The highest BCUT2D eigenvalue weighted by Crippen LogP contribution is 2.21. The van der Waals surface area contributed by atoms with Crippen LogP contribution in [0.25, 0.3) is 11.1 Å². The van der Waals surface area contributed by atoms with E-state index in [-0.39, 0.29) is 11.4 Å². The number of benzene rings is 1. The Morgan fingerprint density at radius 2 is 1.95 bits per heavy atom. The number of nitrogens with two attached hydrogens (primary N) is 1. The molecular weight excluding hydrogens is 280 g/mol. The lowest BCUT2D eigenvalue weighted by molar-refractivity contribution is 0.0697. The number of anilines is 1. The number of aromatic carboxylic acids is 1. The number of nitrogens with zero attached hydrogens (tertiary/aromatic N) is 3. The van der Waals surface area contributed by atoms with Gasteiger partial charge in [-0.2, -0.15) is 5.10 Å². The highest BCUT2D eigenvalue weighted by molar-refractivity contribution is 5.94. The van der Waals surface area contributed by atoms with Crippen molar-refractivity contribution in [3.05, 3.63) is 66.1 Å². The Kier molecular flexibility index (Phi) is 3.57. The standard InChI is InChI=1S/C16H14N4O2/c17-15-14(16(21)22)6-12(7-18-15)13-8-19-20(10-13)9-11-4-2-1-3-5-11/h1-8,10H,9H2,(H2,17,18)(H,21,22). The molecule has 0 aliphatic heterocycles. The van der Waals surface area contributed by atoms with Gasteiger partial charge in [0.15, 0.2) is 0 Å². The van der Waals surface area contributed by atoms with Gasteiger partial charge in [-0.1, -0.05) is 30.3 Å². The van der Waals surface area contributed by atoms with Crippen molar-refractivity contribution in [2.45, 2.75) is 6.54 Å². The van der Waals surface area contributed by atoms with Crippen LogP contribution in [-0.4, -0.2) is 25.8 Å². The molecule has 2 aromatic heterocycles. The first-order valence-electron chi connectivity index (χ1n) is 6.69. The van der Waals surface area contributed by atoms with E-state index in [1.165, 1.54) is 6.07 Å². The smallest absolute Gasteiger partial charge is 0.339 e. The van der Waals surface area contributed by atoms with Gasteiger partial charge >= 0.3 is 5.97 Å². The van der Waals surface area contributed by atoms with Crippen molar-refractivity contribution >= 4 is 11.8 Å². The van der Waals surface area contributed by atoms with Gasteiger partial charge in [-0.3, -0.25) is 4.68 Å². The molecule has 3 aromatic rings. The summed E-state index contributed by atoms with van der Waals surface area (Å²) >= 11 is 0. The zero-order valence-electron chi connectivity index (χ0n) is 11.7. The van der Waals surface area contributed by atoms with E-state index in [0.29, 0.717) is 12.1 Å². The summed E-state index contributed by atoms with van der Waals surface area (Å²) in [4.78, 5) is 15.0. The van der Waals surface area contributed by atoms with Crippen LogP contribution in [0, 0.1) is 0 Å². The lowest BCUT2D eigenvalue weighted by atomic mass is 10.1. The molecule has 0 saturated carbocycles. The van der Waals surface area contributed by atoms with Gasteiger partial charge in [-0.05, 0) is 11.6 Å². The van der Waals surface area contributed by atoms with E-state index in [0.717, 1.165) is 11.1 Å². The van der Waals surface area contributed by atoms with E-state index in [4.69, 9.17) is 10.8 Å². The molecule has 110 valence electrons. The van der Waals surface area contributed by atoms with Crippen molar-refractivity contribution in [3.8, 4) is 11.1 Å². The Bertz CT molecular complexity index is 812. The van der Waals surface area contributed by atoms with Crippen LogP contribution in [0.3, 0.4) is 0 Å². The third-order valence-corrected chi connectivity index (χ3v) is 3.30. The van der Waals surface area contributed by atoms with E-state index in [1.54, 1.807) is 17.1 Å². The fraction of sp³-hybridized carbons (Fsp3) is 0.0625. The maximum atomic E-state index is 11.1. The minimum atomic E-state index is -1.09. The topological polar surface area (TPSA) is 94.0 Å². The van der Waals surface area contributed by atoms with Gasteiger partial charge in [0.05, 0.1) is 12.7 Å². The largest absolute Gasteiger partial charge is 0.478 e. The molecule has 0 aliphatic carbocycles. The van der Waals surface area contributed by atoms with Gasteiger partial charge < -0.3 is 10.8 Å². The first-order chi connectivity index (χ1) is 10.6.